The molecule has 0 saturated heterocycles. The van der Waals surface area contributed by atoms with Crippen LogP contribution in [0.4, 0.5) is 4.39 Å². The summed E-state index contributed by atoms with van der Waals surface area (Å²) in [6.07, 6.45) is 9.11. The van der Waals surface area contributed by atoms with Crippen molar-refractivity contribution in [2.45, 2.75) is 0 Å². The summed E-state index contributed by atoms with van der Waals surface area (Å²) in [4.78, 5) is 1.44. The Labute approximate surface area is 96.9 Å². The molecule has 0 saturated carbocycles. The molecule has 1 aliphatic rings. The van der Waals surface area contributed by atoms with E-state index in [-0.39, 0.29) is 38.3 Å². The number of nitrogens with zero attached hydrogens (tertiary/aromatic N) is 1. The Morgan fingerprint density at radius 3 is 2.83 bits per heavy atom. The van der Waals surface area contributed by atoms with E-state index in [0.29, 0.717) is 5.57 Å². The molecule has 1 rings (SSSR count). The Hall–Kier alpha value is -0.386. The Kier molecular flexibility index (Phi) is 4.45. The number of halogens is 1. The van der Waals surface area contributed by atoms with Gasteiger partial charge in [-0.25, -0.2) is 4.39 Å². The van der Waals surface area contributed by atoms with Crippen molar-refractivity contribution < 1.29 is 37.1 Å². The molecule has 3 heteroatoms. The van der Waals surface area contributed by atoms with E-state index < -0.39 is 5.83 Å². The number of hydrogen-bond acceptors (Lipinski definition) is 1. The van der Waals surface area contributed by atoms with Crippen LogP contribution < -0.4 is 0 Å². The summed E-state index contributed by atoms with van der Waals surface area (Å²) in [7, 11) is 1.66. The molecule has 1 radical (unpaired) electrons. The number of hydrogen-bond donors (Lipinski definition) is 0. The van der Waals surface area contributed by atoms with Crippen LogP contribution in [-0.4, -0.2) is 11.9 Å². The molecule has 1 aliphatic heterocycles. The summed E-state index contributed by atoms with van der Waals surface area (Å²) in [6.45, 7) is 3.47. The largest absolute Gasteiger partial charge is 0.460 e. The molecule has 0 atom stereocenters. The smallest absolute Gasteiger partial charge is 0.0353 e. The van der Waals surface area contributed by atoms with Gasteiger partial charge in [-0.05, 0) is 7.05 Å². The predicted octanol–water partition coefficient (Wildman–Crippen LogP) is 1.62. The molecule has 1 nitrogen and oxygen atoms in total. The second-order valence-corrected chi connectivity index (χ2v) is 2.20. The zero-order valence-corrected chi connectivity index (χ0v) is 9.60. The van der Waals surface area contributed by atoms with E-state index in [9.17, 15) is 4.39 Å². The van der Waals surface area contributed by atoms with Crippen molar-refractivity contribution in [1.29, 1.82) is 0 Å². The second kappa shape index (κ2) is 4.59. The minimum atomic E-state index is -0.497. The van der Waals surface area contributed by atoms with Crippen LogP contribution in [0.2, 0.25) is 0 Å². The van der Waals surface area contributed by atoms with E-state index in [0.717, 1.165) is 0 Å². The maximum atomic E-state index is 12.8. The summed E-state index contributed by atoms with van der Waals surface area (Å²) in [5.41, 5.74) is 0.689. The first-order valence-electron chi connectivity index (χ1n) is 3.05. The van der Waals surface area contributed by atoms with Gasteiger partial charge in [0.05, 0.1) is 0 Å². The fourth-order valence-corrected chi connectivity index (χ4v) is 0.769. The van der Waals surface area contributed by atoms with Gasteiger partial charge >= 0.3 is 0 Å². The van der Waals surface area contributed by atoms with Gasteiger partial charge in [-0.15, -0.1) is 13.0 Å². The molecule has 0 aromatic heterocycles. The van der Waals surface area contributed by atoms with Crippen LogP contribution in [0.1, 0.15) is 0 Å². The number of rotatable bonds is 0. The maximum Gasteiger partial charge on any atom is 0.0353 e. The van der Waals surface area contributed by atoms with Gasteiger partial charge in [0, 0.05) is 38.5 Å². The molecule has 0 bridgehead atoms. The van der Waals surface area contributed by atoms with Crippen LogP contribution in [0.15, 0.2) is 29.8 Å². The third-order valence-corrected chi connectivity index (χ3v) is 1.34. The average molecular weight is 237 g/mol. The third-order valence-electron chi connectivity index (χ3n) is 1.34. The summed E-state index contributed by atoms with van der Waals surface area (Å²) >= 11 is 0. The Morgan fingerprint density at radius 2 is 2.33 bits per heavy atom. The van der Waals surface area contributed by atoms with Gasteiger partial charge in [0.2, 0.25) is 0 Å². The van der Waals surface area contributed by atoms with Gasteiger partial charge in [0.25, 0.3) is 0 Å². The van der Waals surface area contributed by atoms with Crippen molar-refractivity contribution in [3.8, 4) is 12.3 Å². The summed E-state index contributed by atoms with van der Waals surface area (Å²) in [5, 5.41) is 0. The van der Waals surface area contributed by atoms with Crippen molar-refractivity contribution in [3.05, 3.63) is 36.0 Å². The first kappa shape index (κ1) is 11.6. The topological polar surface area (TPSA) is 3.24 Å². The summed E-state index contributed by atoms with van der Waals surface area (Å²) in [6, 6.07) is 0. The van der Waals surface area contributed by atoms with Crippen molar-refractivity contribution in [3.63, 3.8) is 0 Å². The van der Waals surface area contributed by atoms with E-state index >= 15 is 0 Å². The average Bonchev–Trinajstić information content (AvgIpc) is 1.96. The van der Waals surface area contributed by atoms with Gasteiger partial charge in [0.1, 0.15) is 0 Å². The van der Waals surface area contributed by atoms with E-state index in [1.807, 2.05) is 0 Å². The van der Waals surface area contributed by atoms with Gasteiger partial charge < -0.3 is 4.90 Å². The van der Waals surface area contributed by atoms with Crippen LogP contribution in [0.25, 0.3) is 0 Å². The Morgan fingerprint density at radius 1 is 1.75 bits per heavy atom. The fourth-order valence-electron chi connectivity index (χ4n) is 0.769. The minimum Gasteiger partial charge on any atom is -0.460 e. The number of allylic oxidation sites excluding steroid dienone is 3. The van der Waals surface area contributed by atoms with Crippen LogP contribution in [-0.2, 0) is 32.7 Å². The molecule has 0 aliphatic carbocycles. The van der Waals surface area contributed by atoms with Crippen LogP contribution >= 0.6 is 0 Å². The molecule has 0 unspecified atom stereocenters. The van der Waals surface area contributed by atoms with Crippen LogP contribution in [0, 0.1) is 18.5 Å². The first-order valence-corrected chi connectivity index (χ1v) is 3.05. The predicted molar refractivity (Wildman–Crippen MR) is 41.7 cm³/mol. The maximum absolute atomic E-state index is 12.8. The normalized spacial score (nSPS) is 15.8. The van der Waals surface area contributed by atoms with Crippen molar-refractivity contribution in [2.75, 3.05) is 7.05 Å². The Bertz CT molecular complexity index is 296. The standard InChI is InChI=1S/C9H7FN.Y/c1-4-8-5-11(3)6-9(10)7(8)2;/h1,5H,2H2,3H3;/q-1;. The molecule has 0 N–H and O–H groups in total. The first-order chi connectivity index (χ1) is 5.15. The molecule has 1 heterocycles. The van der Waals surface area contributed by atoms with Crippen molar-refractivity contribution in [1.82, 2.24) is 4.90 Å². The van der Waals surface area contributed by atoms with Crippen LogP contribution in [0.3, 0.4) is 0 Å². The molecule has 0 amide bonds. The quantitative estimate of drug-likeness (QED) is 0.457. The van der Waals surface area contributed by atoms with E-state index in [4.69, 9.17) is 6.42 Å². The molecule has 0 fully saturated rings. The van der Waals surface area contributed by atoms with E-state index in [2.05, 4.69) is 18.7 Å². The monoisotopic (exact) mass is 237 g/mol. The Balaban J connectivity index is 0.00000121. The molecule has 12 heavy (non-hydrogen) atoms. The third kappa shape index (κ3) is 2.30. The van der Waals surface area contributed by atoms with Gasteiger partial charge in [-0.1, -0.05) is 29.5 Å². The minimum absolute atomic E-state index is 0. The number of terminal acetylenes is 1. The van der Waals surface area contributed by atoms with E-state index in [1.165, 1.54) is 4.90 Å². The second-order valence-electron chi connectivity index (χ2n) is 2.20. The van der Waals surface area contributed by atoms with Crippen molar-refractivity contribution >= 4 is 0 Å². The summed E-state index contributed by atoms with van der Waals surface area (Å²) < 4.78 is 12.8. The van der Waals surface area contributed by atoms with Gasteiger partial charge in [-0.2, -0.15) is 0 Å². The molecule has 59 valence electrons. The SMILES string of the molecule is C#CC1=CN(C)[C-]=C(F)C1=C.[Y]. The molecule has 0 aromatic rings. The zero-order chi connectivity index (χ0) is 8.43. The fraction of sp³-hybridized carbons (Fsp3) is 0.111. The van der Waals surface area contributed by atoms with E-state index in [1.54, 1.807) is 13.2 Å². The molecular weight excluding hydrogens is 230 g/mol. The summed E-state index contributed by atoms with van der Waals surface area (Å²) in [5.74, 6) is 1.84. The van der Waals surface area contributed by atoms with Gasteiger partial charge in [0.15, 0.2) is 0 Å². The van der Waals surface area contributed by atoms with Crippen LogP contribution in [0.5, 0.6) is 0 Å². The van der Waals surface area contributed by atoms with Crippen molar-refractivity contribution in [2.24, 2.45) is 0 Å². The molecular formula is C9H7FNY-. The zero-order valence-electron chi connectivity index (χ0n) is 6.76. The van der Waals surface area contributed by atoms with Gasteiger partial charge in [-0.3, -0.25) is 0 Å². The molecule has 0 spiro atoms. The molecule has 0 aromatic carbocycles.